The van der Waals surface area contributed by atoms with E-state index in [1.165, 1.54) is 16.8 Å². The zero-order chi connectivity index (χ0) is 20.1. The van der Waals surface area contributed by atoms with Crippen LogP contribution in [-0.4, -0.2) is 23.3 Å². The summed E-state index contributed by atoms with van der Waals surface area (Å²) in [6.45, 7) is 0. The molecule has 1 amide bonds. The Bertz CT molecular complexity index is 947. The zero-order valence-corrected chi connectivity index (χ0v) is 14.8. The average molecular weight is 411 g/mol. The Morgan fingerprint density at radius 2 is 1.86 bits per heavy atom. The quantitative estimate of drug-likeness (QED) is 0.495. The van der Waals surface area contributed by atoms with Gasteiger partial charge in [-0.3, -0.25) is 4.79 Å². The van der Waals surface area contributed by atoms with Crippen LogP contribution in [0.2, 0.25) is 0 Å². The molecule has 0 aliphatic carbocycles. The second-order valence-corrected chi connectivity index (χ2v) is 6.29. The summed E-state index contributed by atoms with van der Waals surface area (Å²) in [5.74, 6) is -1.68. The standard InChI is InChI=1S/C17H12F3N3O4S/c18-17(19,20)26-13-8-6-11(7-9-13)21-14(24)10-28-15-16(25)27-22-23(15)12-4-2-1-3-5-12/h1-9H,10H2,(H-,21,22,24,25). The predicted molar refractivity (Wildman–Crippen MR) is 90.0 cm³/mol. The number of hydrogen-bond donors (Lipinski definition) is 1. The van der Waals surface area contributed by atoms with Gasteiger partial charge < -0.3 is 19.7 Å². The summed E-state index contributed by atoms with van der Waals surface area (Å²) < 4.78 is 46.1. The highest BCUT2D eigenvalue weighted by atomic mass is 32.2. The smallest absolute Gasteiger partial charge is 0.538 e. The Morgan fingerprint density at radius 3 is 2.50 bits per heavy atom. The van der Waals surface area contributed by atoms with Gasteiger partial charge in [0, 0.05) is 17.8 Å². The molecule has 2 aromatic carbocycles. The van der Waals surface area contributed by atoms with Gasteiger partial charge in [-0.1, -0.05) is 18.2 Å². The molecule has 0 atom stereocenters. The van der Waals surface area contributed by atoms with Crippen LogP contribution in [-0.2, 0) is 4.79 Å². The van der Waals surface area contributed by atoms with Crippen LogP contribution in [0.15, 0.2) is 64.1 Å². The Labute approximate surface area is 160 Å². The third-order valence-electron chi connectivity index (χ3n) is 3.28. The predicted octanol–water partition coefficient (Wildman–Crippen LogP) is 2.65. The highest BCUT2D eigenvalue weighted by Gasteiger charge is 2.31. The lowest BCUT2D eigenvalue weighted by molar-refractivity contribution is -0.705. The molecule has 0 saturated carbocycles. The Morgan fingerprint density at radius 1 is 1.18 bits per heavy atom. The summed E-state index contributed by atoms with van der Waals surface area (Å²) in [7, 11) is 0. The lowest BCUT2D eigenvalue weighted by atomic mass is 10.3. The lowest BCUT2D eigenvalue weighted by Crippen LogP contribution is -2.35. The Hall–Kier alpha value is -3.21. The van der Waals surface area contributed by atoms with Crippen molar-refractivity contribution < 1.29 is 37.0 Å². The van der Waals surface area contributed by atoms with E-state index >= 15 is 0 Å². The van der Waals surface area contributed by atoms with Crippen molar-refractivity contribution in [1.29, 1.82) is 0 Å². The Balaban J connectivity index is 1.60. The number of hydrogen-bond acceptors (Lipinski definition) is 6. The molecule has 11 heteroatoms. The summed E-state index contributed by atoms with van der Waals surface area (Å²) in [5, 5.41) is 18.1. The van der Waals surface area contributed by atoms with Gasteiger partial charge in [-0.25, -0.2) is 0 Å². The second kappa shape index (κ2) is 8.21. The van der Waals surface area contributed by atoms with Gasteiger partial charge >= 0.3 is 6.36 Å². The van der Waals surface area contributed by atoms with Crippen LogP contribution >= 0.6 is 11.8 Å². The highest BCUT2D eigenvalue weighted by Crippen LogP contribution is 2.25. The van der Waals surface area contributed by atoms with E-state index in [1.807, 2.05) is 0 Å². The maximum atomic E-state index is 12.1. The first-order valence-corrected chi connectivity index (χ1v) is 8.73. The van der Waals surface area contributed by atoms with Gasteiger partial charge in [-0.2, -0.15) is 0 Å². The van der Waals surface area contributed by atoms with E-state index < -0.39 is 24.0 Å². The molecule has 0 fully saturated rings. The minimum atomic E-state index is -4.79. The van der Waals surface area contributed by atoms with Crippen molar-refractivity contribution in [3.63, 3.8) is 0 Å². The van der Waals surface area contributed by atoms with Crippen LogP contribution in [0.3, 0.4) is 0 Å². The third-order valence-corrected chi connectivity index (χ3v) is 4.30. The number of benzene rings is 2. The molecule has 1 heterocycles. The summed E-state index contributed by atoms with van der Waals surface area (Å²) in [6.07, 6.45) is -4.79. The van der Waals surface area contributed by atoms with Crippen molar-refractivity contribution >= 4 is 23.4 Å². The fourth-order valence-corrected chi connectivity index (χ4v) is 2.92. The lowest BCUT2D eigenvalue weighted by Gasteiger charge is -2.09. The molecule has 0 unspecified atom stereocenters. The van der Waals surface area contributed by atoms with Crippen LogP contribution in [0, 0.1) is 0 Å². The van der Waals surface area contributed by atoms with Crippen molar-refractivity contribution in [2.45, 2.75) is 11.4 Å². The van der Waals surface area contributed by atoms with Crippen molar-refractivity contribution in [1.82, 2.24) is 5.27 Å². The minimum absolute atomic E-state index is 0.121. The van der Waals surface area contributed by atoms with Crippen molar-refractivity contribution in [3.05, 3.63) is 54.6 Å². The summed E-state index contributed by atoms with van der Waals surface area (Å²) in [6, 6.07) is 13.5. The van der Waals surface area contributed by atoms with Gasteiger partial charge in [0.05, 0.1) is 11.0 Å². The molecule has 1 N–H and O–H groups in total. The fraction of sp³-hybridized carbons (Fsp3) is 0.118. The number of para-hydroxylation sites is 1. The summed E-state index contributed by atoms with van der Waals surface area (Å²) in [4.78, 5) is 12.1. The first-order chi connectivity index (χ1) is 13.3. The monoisotopic (exact) mass is 411 g/mol. The number of aromatic nitrogens is 2. The van der Waals surface area contributed by atoms with Crippen LogP contribution in [0.5, 0.6) is 11.7 Å². The van der Waals surface area contributed by atoms with Gasteiger partial charge in [-0.05, 0) is 40.7 Å². The summed E-state index contributed by atoms with van der Waals surface area (Å²) >= 11 is 0.922. The van der Waals surface area contributed by atoms with Gasteiger partial charge in [0.15, 0.2) is 5.95 Å². The molecule has 0 radical (unpaired) electrons. The fourth-order valence-electron chi connectivity index (χ4n) is 2.17. The number of nitrogens with zero attached hydrogens (tertiary/aromatic N) is 2. The van der Waals surface area contributed by atoms with Crippen LogP contribution in [0.4, 0.5) is 18.9 Å². The number of alkyl halides is 3. The van der Waals surface area contributed by atoms with Gasteiger partial charge in [0.1, 0.15) is 5.75 Å². The molecule has 28 heavy (non-hydrogen) atoms. The van der Waals surface area contributed by atoms with Crippen LogP contribution in [0.25, 0.3) is 5.69 Å². The Kier molecular flexibility index (Phi) is 5.73. The number of carbonyl (C=O) groups excluding carboxylic acids is 1. The van der Waals surface area contributed by atoms with Gasteiger partial charge in [0.2, 0.25) is 11.6 Å². The van der Waals surface area contributed by atoms with Crippen LogP contribution in [0.1, 0.15) is 0 Å². The maximum absolute atomic E-state index is 12.1. The molecule has 0 aliphatic rings. The van der Waals surface area contributed by atoms with E-state index in [0.29, 0.717) is 5.69 Å². The van der Waals surface area contributed by atoms with Crippen molar-refractivity contribution in [2.75, 3.05) is 11.1 Å². The zero-order valence-electron chi connectivity index (χ0n) is 14.0. The largest absolute Gasteiger partial charge is 0.573 e. The molecule has 0 aliphatic heterocycles. The van der Waals surface area contributed by atoms with E-state index in [0.717, 1.165) is 23.9 Å². The molecule has 1 aromatic heterocycles. The number of ether oxygens (including phenoxy) is 1. The van der Waals surface area contributed by atoms with E-state index in [2.05, 4.69) is 19.8 Å². The number of thioether (sulfide) groups is 1. The number of nitrogens with one attached hydrogen (secondary N) is 1. The maximum Gasteiger partial charge on any atom is 0.573 e. The number of rotatable bonds is 6. The van der Waals surface area contributed by atoms with Crippen LogP contribution < -0.4 is 19.8 Å². The SMILES string of the molecule is O=C(CSc1c([O-])on[n+]1-c1ccccc1)Nc1ccc(OC(F)(F)F)cc1. The molecule has 0 saturated heterocycles. The first kappa shape index (κ1) is 19.5. The summed E-state index contributed by atoms with van der Waals surface area (Å²) in [5.41, 5.74) is 0.875. The van der Waals surface area contributed by atoms with Crippen molar-refractivity contribution in [2.24, 2.45) is 0 Å². The molecule has 3 aromatic rings. The number of amides is 1. The third kappa shape index (κ3) is 5.16. The molecule has 3 rings (SSSR count). The number of anilines is 1. The molecule has 7 nitrogen and oxygen atoms in total. The second-order valence-electron chi connectivity index (χ2n) is 5.32. The number of halogens is 3. The molecule has 0 bridgehead atoms. The van der Waals surface area contributed by atoms with E-state index in [-0.39, 0.29) is 16.5 Å². The van der Waals surface area contributed by atoms with E-state index in [1.54, 1.807) is 30.3 Å². The normalized spacial score (nSPS) is 11.2. The highest BCUT2D eigenvalue weighted by molar-refractivity contribution is 7.99. The minimum Gasteiger partial charge on any atom is -0.538 e. The van der Waals surface area contributed by atoms with Gasteiger partial charge in [-0.15, -0.1) is 13.2 Å². The van der Waals surface area contributed by atoms with E-state index in [4.69, 9.17) is 0 Å². The van der Waals surface area contributed by atoms with E-state index in [9.17, 15) is 23.1 Å². The molecule has 0 spiro atoms. The van der Waals surface area contributed by atoms with Crippen molar-refractivity contribution in [3.8, 4) is 17.4 Å². The van der Waals surface area contributed by atoms with Gasteiger partial charge in [0.25, 0.3) is 5.03 Å². The molecule has 146 valence electrons. The topological polar surface area (TPSA) is 91.3 Å². The first-order valence-electron chi connectivity index (χ1n) is 7.75. The number of carbonyl (C=O) groups is 1. The average Bonchev–Trinajstić information content (AvgIpc) is 3.02. The molecular formula is C17H12F3N3O4S. The molecular weight excluding hydrogens is 399 g/mol.